The molecule has 1 aromatic rings. The van der Waals surface area contributed by atoms with Crippen LogP contribution in [0.3, 0.4) is 0 Å². The quantitative estimate of drug-likeness (QED) is 0.858. The minimum Gasteiger partial charge on any atom is -0.487 e. The Morgan fingerprint density at radius 2 is 2.35 bits per heavy atom. The summed E-state index contributed by atoms with van der Waals surface area (Å²) in [6.45, 7) is 3.14. The number of pyridine rings is 1. The van der Waals surface area contributed by atoms with Gasteiger partial charge in [0, 0.05) is 24.4 Å². The largest absolute Gasteiger partial charge is 0.487 e. The van der Waals surface area contributed by atoms with E-state index >= 15 is 0 Å². The first-order chi connectivity index (χ1) is 10.9. The van der Waals surface area contributed by atoms with Gasteiger partial charge in [0.1, 0.15) is 28.9 Å². The summed E-state index contributed by atoms with van der Waals surface area (Å²) in [4.78, 5) is 18.2. The van der Waals surface area contributed by atoms with Gasteiger partial charge in [0.25, 0.3) is 6.43 Å². The predicted octanol–water partition coefficient (Wildman–Crippen LogP) is 2.67. The molecule has 3 heterocycles. The third kappa shape index (κ3) is 2.24. The number of alkyl halides is 2. The van der Waals surface area contributed by atoms with Crippen molar-refractivity contribution in [1.82, 2.24) is 9.88 Å². The first-order valence-corrected chi connectivity index (χ1v) is 7.56. The zero-order valence-corrected chi connectivity index (χ0v) is 12.9. The number of hydrogen-bond acceptors (Lipinski definition) is 4. The molecule has 7 heteroatoms. The Balaban J connectivity index is 1.99. The summed E-state index contributed by atoms with van der Waals surface area (Å²) >= 11 is 0. The van der Waals surface area contributed by atoms with E-state index in [1.54, 1.807) is 13.1 Å². The molecule has 23 heavy (non-hydrogen) atoms. The normalized spacial score (nSPS) is 24.6. The molecule has 2 aliphatic heterocycles. The van der Waals surface area contributed by atoms with Crippen molar-refractivity contribution >= 4 is 5.91 Å². The highest BCUT2D eigenvalue weighted by Gasteiger charge is 2.50. The molecule has 3 rings (SSSR count). The van der Waals surface area contributed by atoms with Crippen molar-refractivity contribution < 1.29 is 18.3 Å². The molecule has 0 spiro atoms. The van der Waals surface area contributed by atoms with Crippen LogP contribution in [0.15, 0.2) is 12.4 Å². The topological polar surface area (TPSA) is 66.2 Å². The van der Waals surface area contributed by atoms with Gasteiger partial charge in [-0.05, 0) is 13.3 Å². The van der Waals surface area contributed by atoms with E-state index < -0.39 is 17.7 Å². The van der Waals surface area contributed by atoms with Crippen LogP contribution in [0.25, 0.3) is 0 Å². The Kier molecular flexibility index (Phi) is 3.71. The molecule has 1 aromatic heterocycles. The lowest BCUT2D eigenvalue weighted by molar-refractivity contribution is -0.152. The van der Waals surface area contributed by atoms with Gasteiger partial charge in [-0.1, -0.05) is 6.92 Å². The van der Waals surface area contributed by atoms with Gasteiger partial charge in [-0.3, -0.25) is 9.78 Å². The van der Waals surface area contributed by atoms with Crippen LogP contribution < -0.4 is 4.74 Å². The first-order valence-electron chi connectivity index (χ1n) is 7.56. The average molecular weight is 321 g/mol. The van der Waals surface area contributed by atoms with E-state index in [2.05, 4.69) is 4.98 Å². The molecule has 0 aromatic carbocycles. The maximum atomic E-state index is 13.4. The number of carbonyl (C=O) groups excluding carboxylic acids is 1. The SMILES string of the molecule is CC[C@](C)(C(=O)N1C[C@@H]2C[C@H]1c1cncc(C#N)c1O2)C(F)F. The van der Waals surface area contributed by atoms with Gasteiger partial charge in [0.05, 0.1) is 12.6 Å². The number of rotatable bonds is 3. The minimum absolute atomic E-state index is 0.0571. The molecule has 0 N–H and O–H groups in total. The summed E-state index contributed by atoms with van der Waals surface area (Å²) in [5.74, 6) is -0.143. The lowest BCUT2D eigenvalue weighted by atomic mass is 9.85. The highest BCUT2D eigenvalue weighted by Crippen LogP contribution is 2.46. The second-order valence-corrected chi connectivity index (χ2v) is 6.24. The second-order valence-electron chi connectivity index (χ2n) is 6.24. The highest BCUT2D eigenvalue weighted by molar-refractivity contribution is 5.84. The standard InChI is InChI=1S/C16H17F2N3O2/c1-3-16(2,14(17)18)15(22)21-8-10-4-12(21)11-7-20-6-9(5-19)13(11)23-10/h6-7,10,12,14H,3-4,8H2,1-2H3/t10-,12-,16-/m0/s1. The van der Waals surface area contributed by atoms with E-state index in [9.17, 15) is 13.6 Å². The van der Waals surface area contributed by atoms with Crippen molar-refractivity contribution in [3.63, 3.8) is 0 Å². The van der Waals surface area contributed by atoms with Gasteiger partial charge in [0.15, 0.2) is 0 Å². The summed E-state index contributed by atoms with van der Waals surface area (Å²) in [7, 11) is 0. The number of carbonyl (C=O) groups is 1. The predicted molar refractivity (Wildman–Crippen MR) is 76.8 cm³/mol. The van der Waals surface area contributed by atoms with Gasteiger partial charge < -0.3 is 9.64 Å². The fourth-order valence-corrected chi connectivity index (χ4v) is 3.21. The number of fused-ring (bicyclic) bond motifs is 4. The van der Waals surface area contributed by atoms with E-state index in [4.69, 9.17) is 10.00 Å². The third-order valence-electron chi connectivity index (χ3n) is 4.92. The Hall–Kier alpha value is -2.23. The van der Waals surface area contributed by atoms with Crippen LogP contribution in [0.5, 0.6) is 5.75 Å². The number of nitrogens with zero attached hydrogens (tertiary/aromatic N) is 3. The number of halogens is 2. The molecule has 0 saturated carbocycles. The number of amides is 1. The Morgan fingerprint density at radius 1 is 1.61 bits per heavy atom. The van der Waals surface area contributed by atoms with E-state index in [0.717, 1.165) is 0 Å². The van der Waals surface area contributed by atoms with E-state index in [-0.39, 0.29) is 25.1 Å². The summed E-state index contributed by atoms with van der Waals surface area (Å²) in [6.07, 6.45) is 0.549. The molecule has 1 amide bonds. The molecule has 122 valence electrons. The monoisotopic (exact) mass is 321 g/mol. The zero-order chi connectivity index (χ0) is 16.8. The fourth-order valence-electron chi connectivity index (χ4n) is 3.21. The molecule has 0 unspecified atom stereocenters. The van der Waals surface area contributed by atoms with Crippen LogP contribution >= 0.6 is 0 Å². The zero-order valence-electron chi connectivity index (χ0n) is 12.9. The van der Waals surface area contributed by atoms with Gasteiger partial charge in [-0.15, -0.1) is 0 Å². The summed E-state index contributed by atoms with van der Waals surface area (Å²) in [6, 6.07) is 1.66. The average Bonchev–Trinajstić information content (AvgIpc) is 2.90. The number of nitriles is 1. The van der Waals surface area contributed by atoms with Crippen LogP contribution in [0.1, 0.15) is 43.9 Å². The minimum atomic E-state index is -2.73. The van der Waals surface area contributed by atoms with Gasteiger partial charge in [-0.2, -0.15) is 5.26 Å². The lowest BCUT2D eigenvalue weighted by Crippen LogP contribution is -2.46. The van der Waals surface area contributed by atoms with Crippen LogP contribution in [0, 0.1) is 16.7 Å². The molecule has 2 aliphatic rings. The van der Waals surface area contributed by atoms with Gasteiger partial charge in [0.2, 0.25) is 5.91 Å². The highest BCUT2D eigenvalue weighted by atomic mass is 19.3. The first kappa shape index (κ1) is 15.7. The van der Waals surface area contributed by atoms with Crippen LogP contribution in [0.2, 0.25) is 0 Å². The van der Waals surface area contributed by atoms with Crippen molar-refractivity contribution in [2.45, 2.75) is 45.3 Å². The number of ether oxygens (including phenoxy) is 1. The molecular formula is C16H17F2N3O2. The molecule has 1 fully saturated rings. The molecule has 0 radical (unpaired) electrons. The third-order valence-corrected chi connectivity index (χ3v) is 4.92. The molecule has 3 atom stereocenters. The molecule has 0 aliphatic carbocycles. The molecule has 5 nitrogen and oxygen atoms in total. The van der Waals surface area contributed by atoms with Crippen molar-refractivity contribution in [1.29, 1.82) is 5.26 Å². The Labute approximate surface area is 132 Å². The van der Waals surface area contributed by atoms with Crippen LogP contribution in [0.4, 0.5) is 8.78 Å². The van der Waals surface area contributed by atoms with Crippen molar-refractivity contribution in [2.24, 2.45) is 5.41 Å². The fraction of sp³-hybridized carbons (Fsp3) is 0.562. The maximum Gasteiger partial charge on any atom is 0.252 e. The van der Waals surface area contributed by atoms with Crippen molar-refractivity contribution in [2.75, 3.05) is 6.54 Å². The van der Waals surface area contributed by atoms with Crippen LogP contribution in [-0.4, -0.2) is 34.9 Å². The summed E-state index contributed by atoms with van der Waals surface area (Å²) < 4.78 is 32.6. The lowest BCUT2D eigenvalue weighted by Gasteiger charge is -2.34. The Bertz CT molecular complexity index is 688. The Morgan fingerprint density at radius 3 is 2.96 bits per heavy atom. The van der Waals surface area contributed by atoms with E-state index in [1.807, 2.05) is 6.07 Å². The summed E-state index contributed by atoms with van der Waals surface area (Å²) in [5, 5.41) is 9.15. The number of likely N-dealkylation sites (tertiary alicyclic amines) is 1. The molecular weight excluding hydrogens is 304 g/mol. The second kappa shape index (κ2) is 5.44. The van der Waals surface area contributed by atoms with Gasteiger partial charge >= 0.3 is 0 Å². The van der Waals surface area contributed by atoms with Gasteiger partial charge in [-0.25, -0.2) is 8.78 Å². The summed E-state index contributed by atoms with van der Waals surface area (Å²) in [5.41, 5.74) is -0.782. The maximum absolute atomic E-state index is 13.4. The van der Waals surface area contributed by atoms with E-state index in [1.165, 1.54) is 18.0 Å². The number of aromatic nitrogens is 1. The smallest absolute Gasteiger partial charge is 0.252 e. The van der Waals surface area contributed by atoms with E-state index in [0.29, 0.717) is 23.3 Å². The number of hydrogen-bond donors (Lipinski definition) is 0. The molecule has 2 bridgehead atoms. The van der Waals surface area contributed by atoms with Crippen molar-refractivity contribution in [3.05, 3.63) is 23.5 Å². The van der Waals surface area contributed by atoms with Crippen molar-refractivity contribution in [3.8, 4) is 11.8 Å². The van der Waals surface area contributed by atoms with Crippen LogP contribution in [-0.2, 0) is 4.79 Å². The molecule has 1 saturated heterocycles.